The van der Waals surface area contributed by atoms with Gasteiger partial charge in [0.15, 0.2) is 0 Å². The fourth-order valence-electron chi connectivity index (χ4n) is 4.17. The van der Waals surface area contributed by atoms with Crippen LogP contribution >= 0.6 is 0 Å². The molecule has 2 unspecified atom stereocenters. The largest absolute Gasteiger partial charge is 0.416 e. The Hall–Kier alpha value is -2.35. The summed E-state index contributed by atoms with van der Waals surface area (Å²) >= 11 is 0. The summed E-state index contributed by atoms with van der Waals surface area (Å²) in [4.78, 5) is 12.3. The third-order valence-electron chi connectivity index (χ3n) is 5.46. The van der Waals surface area contributed by atoms with Gasteiger partial charge in [0.05, 0.1) is 11.5 Å². The van der Waals surface area contributed by atoms with Crippen molar-refractivity contribution in [2.24, 2.45) is 11.0 Å². The Bertz CT molecular complexity index is 811. The van der Waals surface area contributed by atoms with Crippen LogP contribution in [0.2, 0.25) is 0 Å². The molecule has 3 aliphatic heterocycles. The van der Waals surface area contributed by atoms with Crippen molar-refractivity contribution in [2.45, 2.75) is 38.0 Å². The van der Waals surface area contributed by atoms with E-state index in [0.717, 1.165) is 43.8 Å². The number of carbonyl (C=O) groups excluding carboxylic acids is 1. The molecular weight excluding hydrogens is 357 g/mol. The van der Waals surface area contributed by atoms with E-state index in [2.05, 4.69) is 15.7 Å². The normalized spacial score (nSPS) is 26.4. The number of amides is 1. The molecule has 4 rings (SSSR count). The number of nitrogens with zero attached hydrogens (tertiary/aromatic N) is 2. The van der Waals surface area contributed by atoms with Crippen molar-refractivity contribution in [1.82, 2.24) is 15.6 Å². The van der Waals surface area contributed by atoms with Gasteiger partial charge in [-0.2, -0.15) is 18.3 Å². The maximum atomic E-state index is 13.1. The third kappa shape index (κ3) is 3.34. The molecular formula is C19H21F3N4O. The molecule has 144 valence electrons. The predicted octanol–water partition coefficient (Wildman–Crippen LogP) is 2.82. The van der Waals surface area contributed by atoms with Gasteiger partial charge in [0.2, 0.25) is 5.91 Å². The average molecular weight is 378 g/mol. The highest BCUT2D eigenvalue weighted by Gasteiger charge is 2.43. The molecule has 1 saturated heterocycles. The van der Waals surface area contributed by atoms with E-state index in [9.17, 15) is 18.0 Å². The minimum atomic E-state index is -4.41. The van der Waals surface area contributed by atoms with Crippen molar-refractivity contribution in [3.63, 3.8) is 0 Å². The summed E-state index contributed by atoms with van der Waals surface area (Å²) in [5, 5.41) is 12.6. The third-order valence-corrected chi connectivity index (χ3v) is 5.46. The summed E-state index contributed by atoms with van der Waals surface area (Å²) in [6, 6.07) is 5.28. The number of rotatable bonds is 2. The molecule has 0 spiro atoms. The molecule has 8 heteroatoms. The van der Waals surface area contributed by atoms with E-state index in [-0.39, 0.29) is 11.8 Å². The standard InChI is InChI=1S/C19H21F3N4O/c1-11-17(13-3-2-4-14(9-13)19(20,21)22)18-24-16(27)10-15(26(18)25-11)12-5-7-23-8-6-12/h2-4,9-10,12,17-18,23H,5-8H2,1H3,(H,24,27). The van der Waals surface area contributed by atoms with Crippen LogP contribution in [0.1, 0.15) is 36.8 Å². The molecule has 0 radical (unpaired) electrons. The Labute approximate surface area is 155 Å². The Morgan fingerprint density at radius 2 is 1.96 bits per heavy atom. The first-order valence-electron chi connectivity index (χ1n) is 9.09. The predicted molar refractivity (Wildman–Crippen MR) is 94.7 cm³/mol. The zero-order valence-corrected chi connectivity index (χ0v) is 14.9. The highest BCUT2D eigenvalue weighted by Crippen LogP contribution is 2.39. The van der Waals surface area contributed by atoms with E-state index in [0.29, 0.717) is 11.3 Å². The van der Waals surface area contributed by atoms with E-state index >= 15 is 0 Å². The number of halogens is 3. The van der Waals surface area contributed by atoms with Crippen LogP contribution in [-0.2, 0) is 11.0 Å². The summed E-state index contributed by atoms with van der Waals surface area (Å²) in [6.45, 7) is 3.55. The number of hydrogen-bond acceptors (Lipinski definition) is 4. The molecule has 0 aromatic heterocycles. The fraction of sp³-hybridized carbons (Fsp3) is 0.474. The number of nitrogens with one attached hydrogen (secondary N) is 2. The number of benzene rings is 1. The van der Waals surface area contributed by atoms with Crippen LogP contribution in [-0.4, -0.2) is 35.9 Å². The molecule has 0 saturated carbocycles. The van der Waals surface area contributed by atoms with Gasteiger partial charge >= 0.3 is 6.18 Å². The van der Waals surface area contributed by atoms with E-state index in [1.807, 2.05) is 0 Å². The van der Waals surface area contributed by atoms with Crippen molar-refractivity contribution in [2.75, 3.05) is 13.1 Å². The van der Waals surface area contributed by atoms with Crippen LogP contribution in [0.4, 0.5) is 13.2 Å². The summed E-state index contributed by atoms with van der Waals surface area (Å²) < 4.78 is 39.4. The minimum absolute atomic E-state index is 0.216. The quantitative estimate of drug-likeness (QED) is 0.832. The molecule has 1 amide bonds. The average Bonchev–Trinajstić information content (AvgIpc) is 2.97. The highest BCUT2D eigenvalue weighted by molar-refractivity contribution is 5.95. The van der Waals surface area contributed by atoms with Crippen molar-refractivity contribution in [3.8, 4) is 0 Å². The second-order valence-electron chi connectivity index (χ2n) is 7.23. The zero-order chi connectivity index (χ0) is 19.2. The lowest BCUT2D eigenvalue weighted by Gasteiger charge is -2.38. The van der Waals surface area contributed by atoms with Crippen LogP contribution in [0.3, 0.4) is 0 Å². The van der Waals surface area contributed by atoms with E-state index in [4.69, 9.17) is 0 Å². The summed E-state index contributed by atoms with van der Waals surface area (Å²) in [5.41, 5.74) is 1.37. The first-order chi connectivity index (χ1) is 12.8. The van der Waals surface area contributed by atoms with Crippen LogP contribution in [0.25, 0.3) is 0 Å². The summed E-state index contributed by atoms with van der Waals surface area (Å²) in [5.74, 6) is -0.412. The number of alkyl halides is 3. The van der Waals surface area contributed by atoms with Gasteiger partial charge in [-0.05, 0) is 44.5 Å². The maximum absolute atomic E-state index is 13.1. The van der Waals surface area contributed by atoms with Gasteiger partial charge in [-0.15, -0.1) is 0 Å². The van der Waals surface area contributed by atoms with Gasteiger partial charge in [0, 0.05) is 23.4 Å². The molecule has 0 bridgehead atoms. The first kappa shape index (κ1) is 18.0. The Morgan fingerprint density at radius 1 is 1.22 bits per heavy atom. The van der Waals surface area contributed by atoms with Crippen LogP contribution in [0.15, 0.2) is 41.1 Å². The molecule has 2 N–H and O–H groups in total. The SMILES string of the molecule is CC1=NN2C(C3CCNCC3)=CC(=O)NC2C1c1cccc(C(F)(F)F)c1. The van der Waals surface area contributed by atoms with Crippen molar-refractivity contribution in [3.05, 3.63) is 47.2 Å². The van der Waals surface area contributed by atoms with Crippen molar-refractivity contribution >= 4 is 11.6 Å². The molecule has 2 atom stereocenters. The van der Waals surface area contributed by atoms with E-state index in [1.54, 1.807) is 24.1 Å². The number of hydrazone groups is 1. The molecule has 1 fully saturated rings. The topological polar surface area (TPSA) is 56.7 Å². The summed E-state index contributed by atoms with van der Waals surface area (Å²) in [7, 11) is 0. The van der Waals surface area contributed by atoms with Gasteiger partial charge in [-0.25, -0.2) is 5.01 Å². The van der Waals surface area contributed by atoms with Crippen molar-refractivity contribution in [1.29, 1.82) is 0 Å². The lowest BCUT2D eigenvalue weighted by Crippen LogP contribution is -2.51. The van der Waals surface area contributed by atoms with Crippen LogP contribution in [0, 0.1) is 5.92 Å². The smallest absolute Gasteiger partial charge is 0.330 e. The highest BCUT2D eigenvalue weighted by atomic mass is 19.4. The van der Waals surface area contributed by atoms with E-state index in [1.165, 1.54) is 6.07 Å². The fourth-order valence-corrected chi connectivity index (χ4v) is 4.17. The summed E-state index contributed by atoms with van der Waals surface area (Å²) in [6.07, 6.45) is -1.50. The zero-order valence-electron chi connectivity index (χ0n) is 14.9. The van der Waals surface area contributed by atoms with E-state index < -0.39 is 23.8 Å². The molecule has 5 nitrogen and oxygen atoms in total. The van der Waals surface area contributed by atoms with Gasteiger partial charge in [0.1, 0.15) is 6.17 Å². The maximum Gasteiger partial charge on any atom is 0.416 e. The number of fused-ring (bicyclic) bond motifs is 1. The molecule has 0 aliphatic carbocycles. The monoisotopic (exact) mass is 378 g/mol. The number of allylic oxidation sites excluding steroid dienone is 1. The Kier molecular flexibility index (Phi) is 4.46. The van der Waals surface area contributed by atoms with Crippen LogP contribution < -0.4 is 10.6 Å². The molecule has 1 aromatic carbocycles. The van der Waals surface area contributed by atoms with Gasteiger partial charge < -0.3 is 10.6 Å². The minimum Gasteiger partial charge on any atom is -0.330 e. The number of carbonyl (C=O) groups is 1. The number of hydrogen-bond donors (Lipinski definition) is 2. The molecule has 3 heterocycles. The second kappa shape index (κ2) is 6.67. The molecule has 1 aromatic rings. The Balaban J connectivity index is 1.67. The lowest BCUT2D eigenvalue weighted by molar-refractivity contribution is -0.137. The van der Waals surface area contributed by atoms with Crippen LogP contribution in [0.5, 0.6) is 0 Å². The first-order valence-corrected chi connectivity index (χ1v) is 9.09. The van der Waals surface area contributed by atoms with Gasteiger partial charge in [-0.3, -0.25) is 4.79 Å². The molecule has 3 aliphatic rings. The second-order valence-corrected chi connectivity index (χ2v) is 7.23. The lowest BCUT2D eigenvalue weighted by atomic mass is 9.88. The molecule has 27 heavy (non-hydrogen) atoms. The van der Waals surface area contributed by atoms with Crippen molar-refractivity contribution < 1.29 is 18.0 Å². The number of piperidine rings is 1. The van der Waals surface area contributed by atoms with Gasteiger partial charge in [-0.1, -0.05) is 18.2 Å². The Morgan fingerprint density at radius 3 is 2.67 bits per heavy atom. The van der Waals surface area contributed by atoms with Gasteiger partial charge in [0.25, 0.3) is 0 Å².